The molecule has 0 saturated carbocycles. The molecule has 0 unspecified atom stereocenters. The van der Waals surface area contributed by atoms with Gasteiger partial charge in [-0.25, -0.2) is 15.0 Å². The molecule has 0 bridgehead atoms. The monoisotopic (exact) mass is 368 g/mol. The minimum absolute atomic E-state index is 0.127. The highest BCUT2D eigenvalue weighted by atomic mass is 32.1. The highest BCUT2D eigenvalue weighted by Gasteiger charge is 2.16. The van der Waals surface area contributed by atoms with Gasteiger partial charge < -0.3 is 10.1 Å². The van der Waals surface area contributed by atoms with Crippen molar-refractivity contribution in [3.8, 4) is 16.6 Å². The van der Waals surface area contributed by atoms with Crippen molar-refractivity contribution in [2.24, 2.45) is 0 Å². The fraction of sp³-hybridized carbons (Fsp3) is 0.263. The van der Waals surface area contributed by atoms with E-state index in [0.717, 1.165) is 17.7 Å². The lowest BCUT2D eigenvalue weighted by Gasteiger charge is -2.07. The van der Waals surface area contributed by atoms with Crippen LogP contribution in [-0.4, -0.2) is 34.0 Å². The quantitative estimate of drug-likeness (QED) is 0.647. The lowest BCUT2D eigenvalue weighted by Crippen LogP contribution is -2.25. The Balaban J connectivity index is 1.49. The van der Waals surface area contributed by atoms with Gasteiger partial charge >= 0.3 is 0 Å². The van der Waals surface area contributed by atoms with Crippen LogP contribution in [0.4, 0.5) is 0 Å². The predicted octanol–water partition coefficient (Wildman–Crippen LogP) is 3.42. The van der Waals surface area contributed by atoms with Gasteiger partial charge in [0.15, 0.2) is 10.8 Å². The van der Waals surface area contributed by atoms with E-state index in [1.165, 1.54) is 11.3 Å². The Kier molecular flexibility index (Phi) is 5.91. The van der Waals surface area contributed by atoms with Crippen LogP contribution in [0, 0.1) is 13.8 Å². The molecule has 6 nitrogen and oxygen atoms in total. The van der Waals surface area contributed by atoms with Crippen LogP contribution in [0.2, 0.25) is 0 Å². The molecule has 3 aromatic rings. The molecule has 1 N–H and O–H groups in total. The first kappa shape index (κ1) is 18.0. The maximum absolute atomic E-state index is 12.4. The van der Waals surface area contributed by atoms with E-state index in [-0.39, 0.29) is 5.91 Å². The van der Waals surface area contributed by atoms with Crippen molar-refractivity contribution in [3.63, 3.8) is 0 Å². The first-order valence-corrected chi connectivity index (χ1v) is 9.17. The van der Waals surface area contributed by atoms with Crippen molar-refractivity contribution in [2.75, 3.05) is 13.2 Å². The van der Waals surface area contributed by atoms with E-state index >= 15 is 0 Å². The summed E-state index contributed by atoms with van der Waals surface area (Å²) in [4.78, 5) is 25.7. The average molecular weight is 368 g/mol. The number of nitrogens with one attached hydrogen (secondary N) is 1. The lowest BCUT2D eigenvalue weighted by atomic mass is 10.2. The third-order valence-corrected chi connectivity index (χ3v) is 4.78. The molecule has 2 heterocycles. The summed E-state index contributed by atoms with van der Waals surface area (Å²) in [5.74, 6) is 1.26. The number of benzene rings is 1. The van der Waals surface area contributed by atoms with Gasteiger partial charge in [0.25, 0.3) is 5.91 Å². The van der Waals surface area contributed by atoms with Gasteiger partial charge in [-0.3, -0.25) is 4.79 Å². The van der Waals surface area contributed by atoms with Gasteiger partial charge in [-0.15, -0.1) is 11.3 Å². The second-order valence-corrected chi connectivity index (χ2v) is 6.78. The van der Waals surface area contributed by atoms with Crippen LogP contribution in [-0.2, 0) is 0 Å². The third kappa shape index (κ3) is 4.64. The summed E-state index contributed by atoms with van der Waals surface area (Å²) in [5.41, 5.74) is 1.85. The zero-order chi connectivity index (χ0) is 18.4. The number of ether oxygens (including phenoxy) is 1. The lowest BCUT2D eigenvalue weighted by molar-refractivity contribution is 0.0955. The van der Waals surface area contributed by atoms with Gasteiger partial charge in [-0.05, 0) is 44.0 Å². The van der Waals surface area contributed by atoms with Crippen molar-refractivity contribution < 1.29 is 9.53 Å². The van der Waals surface area contributed by atoms with Crippen LogP contribution < -0.4 is 10.1 Å². The molecule has 0 saturated heterocycles. The number of thiazole rings is 1. The van der Waals surface area contributed by atoms with Crippen molar-refractivity contribution in [3.05, 3.63) is 58.9 Å². The van der Waals surface area contributed by atoms with E-state index in [4.69, 9.17) is 4.74 Å². The van der Waals surface area contributed by atoms with E-state index in [2.05, 4.69) is 20.3 Å². The molecule has 0 aliphatic rings. The van der Waals surface area contributed by atoms with Crippen LogP contribution in [0.1, 0.15) is 27.3 Å². The van der Waals surface area contributed by atoms with Crippen molar-refractivity contribution >= 4 is 17.2 Å². The molecule has 134 valence electrons. The zero-order valence-electron chi connectivity index (χ0n) is 14.7. The first-order chi connectivity index (χ1) is 12.6. The van der Waals surface area contributed by atoms with Gasteiger partial charge in [0.1, 0.15) is 10.6 Å². The fourth-order valence-corrected chi connectivity index (χ4v) is 3.29. The van der Waals surface area contributed by atoms with Gasteiger partial charge in [0.05, 0.1) is 12.3 Å². The van der Waals surface area contributed by atoms with Gasteiger partial charge in [0.2, 0.25) is 0 Å². The second kappa shape index (κ2) is 8.53. The highest BCUT2D eigenvalue weighted by Crippen LogP contribution is 2.24. The topological polar surface area (TPSA) is 77.0 Å². The molecule has 0 radical (unpaired) electrons. The maximum Gasteiger partial charge on any atom is 0.263 e. The van der Waals surface area contributed by atoms with Gasteiger partial charge in [-0.2, -0.15) is 0 Å². The van der Waals surface area contributed by atoms with E-state index < -0.39 is 0 Å². The Morgan fingerprint density at radius 3 is 2.77 bits per heavy atom. The molecule has 7 heteroatoms. The summed E-state index contributed by atoms with van der Waals surface area (Å²) in [6.07, 6.45) is 4.05. The maximum atomic E-state index is 12.4. The third-order valence-electron chi connectivity index (χ3n) is 3.62. The number of carbonyl (C=O) groups excluding carboxylic acids is 1. The molecule has 0 spiro atoms. The number of aryl methyl sites for hydroxylation is 2. The van der Waals surface area contributed by atoms with Crippen molar-refractivity contribution in [1.29, 1.82) is 0 Å². The van der Waals surface area contributed by atoms with E-state index in [0.29, 0.717) is 34.6 Å². The number of amides is 1. The standard InChI is InChI=1S/C19H20N4O2S/c1-13-6-3-7-15(12-13)25-11-5-10-22-18(24)16-14(2)23-19(26-16)17-20-8-4-9-21-17/h3-4,6-9,12H,5,10-11H2,1-2H3,(H,22,24). The molecule has 3 rings (SSSR count). The second-order valence-electron chi connectivity index (χ2n) is 5.78. The molecule has 26 heavy (non-hydrogen) atoms. The fourth-order valence-electron chi connectivity index (χ4n) is 2.36. The Bertz CT molecular complexity index is 880. The van der Waals surface area contributed by atoms with E-state index in [1.807, 2.05) is 38.1 Å². The summed E-state index contributed by atoms with van der Waals surface area (Å²) in [7, 11) is 0. The van der Waals surface area contributed by atoms with E-state index in [1.54, 1.807) is 18.5 Å². The Morgan fingerprint density at radius 2 is 2.00 bits per heavy atom. The van der Waals surface area contributed by atoms with Crippen LogP contribution in [0.15, 0.2) is 42.7 Å². The summed E-state index contributed by atoms with van der Waals surface area (Å²) in [5, 5.41) is 3.56. The molecule has 1 aromatic carbocycles. The summed E-state index contributed by atoms with van der Waals surface area (Å²) < 4.78 is 5.68. The smallest absolute Gasteiger partial charge is 0.263 e. The molecule has 0 aliphatic heterocycles. The molecule has 0 fully saturated rings. The number of carbonyl (C=O) groups is 1. The molecule has 0 aliphatic carbocycles. The molecular formula is C19H20N4O2S. The Hall–Kier alpha value is -2.80. The Morgan fingerprint density at radius 1 is 1.19 bits per heavy atom. The number of aromatic nitrogens is 3. The van der Waals surface area contributed by atoms with Crippen LogP contribution in [0.5, 0.6) is 5.75 Å². The minimum atomic E-state index is -0.127. The molecule has 0 atom stereocenters. The highest BCUT2D eigenvalue weighted by molar-refractivity contribution is 7.17. The molecule has 2 aromatic heterocycles. The largest absolute Gasteiger partial charge is 0.494 e. The minimum Gasteiger partial charge on any atom is -0.494 e. The molecule has 1 amide bonds. The number of hydrogen-bond donors (Lipinski definition) is 1. The average Bonchev–Trinajstić information content (AvgIpc) is 3.04. The van der Waals surface area contributed by atoms with E-state index in [9.17, 15) is 4.79 Å². The first-order valence-electron chi connectivity index (χ1n) is 8.36. The summed E-state index contributed by atoms with van der Waals surface area (Å²) in [6, 6.07) is 9.66. The SMILES string of the molecule is Cc1cccc(OCCCNC(=O)c2sc(-c3ncccn3)nc2C)c1. The number of hydrogen-bond acceptors (Lipinski definition) is 6. The van der Waals surface area contributed by atoms with Crippen LogP contribution in [0.3, 0.4) is 0 Å². The summed E-state index contributed by atoms with van der Waals surface area (Å²) in [6.45, 7) is 4.94. The van der Waals surface area contributed by atoms with Crippen molar-refractivity contribution in [2.45, 2.75) is 20.3 Å². The zero-order valence-corrected chi connectivity index (χ0v) is 15.5. The number of rotatable bonds is 7. The predicted molar refractivity (Wildman–Crippen MR) is 102 cm³/mol. The van der Waals surface area contributed by atoms with Crippen LogP contribution >= 0.6 is 11.3 Å². The molecular weight excluding hydrogens is 348 g/mol. The van der Waals surface area contributed by atoms with Crippen molar-refractivity contribution in [1.82, 2.24) is 20.3 Å². The van der Waals surface area contributed by atoms with Crippen LogP contribution in [0.25, 0.3) is 10.8 Å². The number of nitrogens with zero attached hydrogens (tertiary/aromatic N) is 3. The van der Waals surface area contributed by atoms with Gasteiger partial charge in [-0.1, -0.05) is 12.1 Å². The Labute approximate surface area is 156 Å². The van der Waals surface area contributed by atoms with Gasteiger partial charge in [0, 0.05) is 18.9 Å². The summed E-state index contributed by atoms with van der Waals surface area (Å²) >= 11 is 1.30. The normalized spacial score (nSPS) is 10.5.